The Morgan fingerprint density at radius 1 is 1.46 bits per heavy atom. The van der Waals surface area contributed by atoms with Crippen LogP contribution in [-0.4, -0.2) is 33.4 Å². The smallest absolute Gasteiger partial charge is 0.258 e. The quantitative estimate of drug-likeness (QED) is 0.730. The van der Waals surface area contributed by atoms with E-state index in [-0.39, 0.29) is 11.9 Å². The van der Waals surface area contributed by atoms with Gasteiger partial charge in [0.15, 0.2) is 0 Å². The second-order valence-corrected chi connectivity index (χ2v) is 6.16. The molecular weight excluding hydrogens is 334 g/mol. The highest BCUT2D eigenvalue weighted by Gasteiger charge is 2.26. The number of aromatic nitrogens is 4. The fourth-order valence-corrected chi connectivity index (χ4v) is 3.25. The molecule has 0 radical (unpaired) electrons. The van der Waals surface area contributed by atoms with Crippen molar-refractivity contribution in [1.29, 1.82) is 0 Å². The normalized spacial score (nSPS) is 15.7. The van der Waals surface area contributed by atoms with Crippen molar-refractivity contribution in [3.8, 4) is 17.3 Å². The molecule has 2 heterocycles. The Bertz CT molecular complexity index is 946. The zero-order valence-electron chi connectivity index (χ0n) is 14.6. The summed E-state index contributed by atoms with van der Waals surface area (Å²) in [6.45, 7) is 1.97. The predicted molar refractivity (Wildman–Crippen MR) is 92.8 cm³/mol. The predicted octanol–water partition coefficient (Wildman–Crippen LogP) is 2.45. The van der Waals surface area contributed by atoms with Gasteiger partial charge in [-0.2, -0.15) is 10.1 Å². The number of aryl methyl sites for hydroxylation is 2. The molecule has 4 rings (SSSR count). The summed E-state index contributed by atoms with van der Waals surface area (Å²) in [5.74, 6) is 1.38. The summed E-state index contributed by atoms with van der Waals surface area (Å²) in [4.78, 5) is 16.9. The van der Waals surface area contributed by atoms with Gasteiger partial charge >= 0.3 is 0 Å². The van der Waals surface area contributed by atoms with Gasteiger partial charge in [0.2, 0.25) is 17.6 Å². The topological polar surface area (TPSA) is 106 Å². The number of hydrogen-bond acceptors (Lipinski definition) is 6. The summed E-state index contributed by atoms with van der Waals surface area (Å²) >= 11 is 0. The van der Waals surface area contributed by atoms with Gasteiger partial charge in [-0.1, -0.05) is 24.2 Å². The van der Waals surface area contributed by atoms with E-state index in [0.29, 0.717) is 29.6 Å². The molecule has 0 saturated carbocycles. The van der Waals surface area contributed by atoms with E-state index in [1.165, 1.54) is 18.9 Å². The van der Waals surface area contributed by atoms with E-state index < -0.39 is 0 Å². The number of hydrogen-bond donors (Lipinski definition) is 2. The Morgan fingerprint density at radius 3 is 3.12 bits per heavy atom. The number of benzene rings is 1. The molecule has 2 N–H and O–H groups in total. The van der Waals surface area contributed by atoms with Gasteiger partial charge in [0.05, 0.1) is 19.3 Å². The standard InChI is InChI=1S/C18H19N5O3/c1-3-15-21-16(23-26-15)11-4-6-12-10(8-11)5-7-14(12)20-17(24)13-9-19-22-18(13)25-2/h4,6,8-9,14H,3,5,7H2,1-2H3,(H,19,22)(H,20,24). The highest BCUT2D eigenvalue weighted by Crippen LogP contribution is 2.34. The molecule has 26 heavy (non-hydrogen) atoms. The van der Waals surface area contributed by atoms with E-state index in [4.69, 9.17) is 9.26 Å². The fourth-order valence-electron chi connectivity index (χ4n) is 3.25. The molecule has 2 aromatic heterocycles. The first kappa shape index (κ1) is 16.3. The lowest BCUT2D eigenvalue weighted by Crippen LogP contribution is -2.27. The van der Waals surface area contributed by atoms with Gasteiger partial charge in [0.1, 0.15) is 5.56 Å². The number of fused-ring (bicyclic) bond motifs is 1. The van der Waals surface area contributed by atoms with Crippen LogP contribution in [0.15, 0.2) is 28.9 Å². The largest absolute Gasteiger partial charge is 0.481 e. The summed E-state index contributed by atoms with van der Waals surface area (Å²) < 4.78 is 10.3. The van der Waals surface area contributed by atoms with Gasteiger partial charge in [-0.15, -0.1) is 0 Å². The van der Waals surface area contributed by atoms with Crippen molar-refractivity contribution < 1.29 is 14.1 Å². The molecule has 1 aliphatic carbocycles. The van der Waals surface area contributed by atoms with Crippen molar-refractivity contribution in [2.45, 2.75) is 32.2 Å². The second-order valence-electron chi connectivity index (χ2n) is 6.16. The fraction of sp³-hybridized carbons (Fsp3) is 0.333. The Kier molecular flexibility index (Phi) is 4.16. The maximum Gasteiger partial charge on any atom is 0.258 e. The van der Waals surface area contributed by atoms with E-state index in [9.17, 15) is 4.79 Å². The number of nitrogens with one attached hydrogen (secondary N) is 2. The molecule has 0 fully saturated rings. The number of nitrogens with zero attached hydrogens (tertiary/aromatic N) is 3. The van der Waals surface area contributed by atoms with Crippen LogP contribution >= 0.6 is 0 Å². The van der Waals surface area contributed by atoms with Gasteiger partial charge in [-0.05, 0) is 30.0 Å². The maximum absolute atomic E-state index is 12.5. The third-order valence-electron chi connectivity index (χ3n) is 4.61. The van der Waals surface area contributed by atoms with E-state index in [1.54, 1.807) is 0 Å². The van der Waals surface area contributed by atoms with E-state index >= 15 is 0 Å². The summed E-state index contributed by atoms with van der Waals surface area (Å²) in [7, 11) is 1.50. The number of aromatic amines is 1. The molecule has 0 saturated heterocycles. The van der Waals surface area contributed by atoms with Crippen molar-refractivity contribution in [3.63, 3.8) is 0 Å². The van der Waals surface area contributed by atoms with Crippen molar-refractivity contribution in [3.05, 3.63) is 47.0 Å². The summed E-state index contributed by atoms with van der Waals surface area (Å²) in [6.07, 6.45) is 3.91. The third-order valence-corrected chi connectivity index (χ3v) is 4.61. The molecule has 134 valence electrons. The van der Waals surface area contributed by atoms with E-state index in [2.05, 4.69) is 31.7 Å². The van der Waals surface area contributed by atoms with Crippen molar-refractivity contribution in [1.82, 2.24) is 25.7 Å². The number of methoxy groups -OCH3 is 1. The molecule has 8 nitrogen and oxygen atoms in total. The van der Waals surface area contributed by atoms with Crippen LogP contribution in [0.1, 0.15) is 46.8 Å². The second kappa shape index (κ2) is 6.62. The first-order valence-electron chi connectivity index (χ1n) is 8.53. The van der Waals surface area contributed by atoms with Crippen LogP contribution in [0.4, 0.5) is 0 Å². The van der Waals surface area contributed by atoms with Gasteiger partial charge in [0, 0.05) is 12.0 Å². The Morgan fingerprint density at radius 2 is 2.35 bits per heavy atom. The highest BCUT2D eigenvalue weighted by molar-refractivity contribution is 5.96. The first-order chi connectivity index (χ1) is 12.7. The lowest BCUT2D eigenvalue weighted by molar-refractivity contribution is 0.0933. The number of carbonyl (C=O) groups is 1. The van der Waals surface area contributed by atoms with Crippen molar-refractivity contribution in [2.75, 3.05) is 7.11 Å². The summed E-state index contributed by atoms with van der Waals surface area (Å²) in [6, 6.07) is 6.02. The number of carbonyl (C=O) groups excluding carboxylic acids is 1. The molecule has 0 aliphatic heterocycles. The molecule has 0 bridgehead atoms. The number of amides is 1. The molecular formula is C18H19N5O3. The minimum Gasteiger partial charge on any atom is -0.481 e. The molecule has 3 aromatic rings. The molecule has 1 aromatic carbocycles. The van der Waals surface area contributed by atoms with Crippen molar-refractivity contribution >= 4 is 5.91 Å². The van der Waals surface area contributed by atoms with E-state index in [0.717, 1.165) is 24.0 Å². The summed E-state index contributed by atoms with van der Waals surface area (Å²) in [5.41, 5.74) is 3.63. The lowest BCUT2D eigenvalue weighted by atomic mass is 10.0. The van der Waals surface area contributed by atoms with Crippen LogP contribution in [0.5, 0.6) is 5.88 Å². The van der Waals surface area contributed by atoms with Gasteiger partial charge in [-0.25, -0.2) is 5.10 Å². The van der Waals surface area contributed by atoms with Crippen molar-refractivity contribution in [2.24, 2.45) is 0 Å². The SMILES string of the molecule is CCc1nc(-c2ccc3c(c2)CCC3NC(=O)c2cn[nH]c2OC)no1. The van der Waals surface area contributed by atoms with Gasteiger partial charge in [-0.3, -0.25) is 4.79 Å². The molecule has 1 unspecified atom stereocenters. The number of ether oxygens (including phenoxy) is 1. The zero-order valence-corrected chi connectivity index (χ0v) is 14.6. The average molecular weight is 353 g/mol. The number of H-pyrrole nitrogens is 1. The molecule has 1 atom stereocenters. The van der Waals surface area contributed by atoms with Crippen LogP contribution in [0.25, 0.3) is 11.4 Å². The molecule has 1 amide bonds. The van der Waals surface area contributed by atoms with Gasteiger partial charge in [0.25, 0.3) is 5.91 Å². The minimum atomic E-state index is -0.205. The van der Waals surface area contributed by atoms with Gasteiger partial charge < -0.3 is 14.6 Å². The Hall–Kier alpha value is -3.16. The van der Waals surface area contributed by atoms with Crippen LogP contribution in [0.2, 0.25) is 0 Å². The average Bonchev–Trinajstić information content (AvgIpc) is 3.40. The Balaban J connectivity index is 1.54. The maximum atomic E-state index is 12.5. The zero-order chi connectivity index (χ0) is 18.1. The van der Waals surface area contributed by atoms with Crippen LogP contribution in [-0.2, 0) is 12.8 Å². The third kappa shape index (κ3) is 2.83. The Labute approximate surface area is 150 Å². The lowest BCUT2D eigenvalue weighted by Gasteiger charge is -2.14. The summed E-state index contributed by atoms with van der Waals surface area (Å²) in [5, 5.41) is 13.6. The van der Waals surface area contributed by atoms with E-state index in [1.807, 2.05) is 19.1 Å². The molecule has 0 spiro atoms. The highest BCUT2D eigenvalue weighted by atomic mass is 16.5. The monoisotopic (exact) mass is 353 g/mol. The molecule has 8 heteroatoms. The van der Waals surface area contributed by atoms with Crippen LogP contribution in [0, 0.1) is 0 Å². The van der Waals surface area contributed by atoms with Crippen LogP contribution < -0.4 is 10.1 Å². The van der Waals surface area contributed by atoms with Crippen LogP contribution in [0.3, 0.4) is 0 Å². The number of rotatable bonds is 5. The molecule has 1 aliphatic rings. The minimum absolute atomic E-state index is 0.0392. The first-order valence-corrected chi connectivity index (χ1v) is 8.53.